The van der Waals surface area contributed by atoms with E-state index in [4.69, 9.17) is 0 Å². The molecule has 1 aromatic heterocycles. The van der Waals surface area contributed by atoms with Crippen molar-refractivity contribution in [3.63, 3.8) is 0 Å². The molecule has 0 bridgehead atoms. The van der Waals surface area contributed by atoms with Gasteiger partial charge in [-0.2, -0.15) is 5.10 Å². The molecule has 0 spiro atoms. The van der Waals surface area contributed by atoms with E-state index in [0.717, 1.165) is 5.56 Å². The molecule has 2 N–H and O–H groups in total. The molecule has 0 unspecified atom stereocenters. The Hall–Kier alpha value is -2.09. The minimum atomic E-state index is -0.613. The fraction of sp³-hybridized carbons (Fsp3) is 0.111. The fourth-order valence-electron chi connectivity index (χ4n) is 1.22. The highest BCUT2D eigenvalue weighted by atomic mass is 32.2. The van der Waals surface area contributed by atoms with E-state index in [9.17, 15) is 15.2 Å². The third-order valence-corrected chi connectivity index (χ3v) is 2.95. The van der Waals surface area contributed by atoms with Crippen LogP contribution in [0.4, 0.5) is 5.69 Å². The number of benzene rings is 1. The summed E-state index contributed by atoms with van der Waals surface area (Å²) in [6.07, 6.45) is 1.39. The van der Waals surface area contributed by atoms with Crippen molar-refractivity contribution in [2.75, 3.05) is 0 Å². The number of phenolic OH excluding ortho intramolecular Hbond substituents is 1. The number of phenols is 1. The van der Waals surface area contributed by atoms with Gasteiger partial charge >= 0.3 is 5.69 Å². The van der Waals surface area contributed by atoms with Gasteiger partial charge in [0.15, 0.2) is 10.9 Å². The highest BCUT2D eigenvalue weighted by Gasteiger charge is 2.13. The maximum absolute atomic E-state index is 10.6. The van der Waals surface area contributed by atoms with Gasteiger partial charge in [0.2, 0.25) is 0 Å². The van der Waals surface area contributed by atoms with Crippen molar-refractivity contribution in [2.24, 2.45) is 0 Å². The summed E-state index contributed by atoms with van der Waals surface area (Å²) in [5, 5.41) is 26.9. The molecular formula is C9H8N4O3S. The van der Waals surface area contributed by atoms with Crippen molar-refractivity contribution in [2.45, 2.75) is 10.9 Å². The lowest BCUT2D eigenvalue weighted by molar-refractivity contribution is -0.385. The summed E-state index contributed by atoms with van der Waals surface area (Å²) >= 11 is 1.37. The zero-order valence-corrected chi connectivity index (χ0v) is 9.35. The Morgan fingerprint density at radius 1 is 1.53 bits per heavy atom. The molecule has 0 aliphatic heterocycles. The molecule has 17 heavy (non-hydrogen) atoms. The minimum Gasteiger partial charge on any atom is -0.502 e. The summed E-state index contributed by atoms with van der Waals surface area (Å²) in [6, 6.07) is 4.29. The smallest absolute Gasteiger partial charge is 0.310 e. The number of H-pyrrole nitrogens is 1. The monoisotopic (exact) mass is 252 g/mol. The van der Waals surface area contributed by atoms with E-state index in [2.05, 4.69) is 15.2 Å². The van der Waals surface area contributed by atoms with Gasteiger partial charge in [0, 0.05) is 11.8 Å². The molecule has 88 valence electrons. The van der Waals surface area contributed by atoms with Crippen LogP contribution in [0.15, 0.2) is 29.7 Å². The first-order valence-electron chi connectivity index (χ1n) is 4.61. The molecule has 0 aliphatic carbocycles. The summed E-state index contributed by atoms with van der Waals surface area (Å²) in [6.45, 7) is 0. The Morgan fingerprint density at radius 3 is 3.00 bits per heavy atom. The molecule has 0 saturated carbocycles. The van der Waals surface area contributed by atoms with E-state index in [1.54, 1.807) is 6.07 Å². The third kappa shape index (κ3) is 2.72. The molecule has 2 aromatic rings. The molecule has 7 nitrogen and oxygen atoms in total. The van der Waals surface area contributed by atoms with Crippen molar-refractivity contribution >= 4 is 17.4 Å². The number of nitrogens with one attached hydrogen (secondary N) is 1. The van der Waals surface area contributed by atoms with Gasteiger partial charge in [-0.3, -0.25) is 15.2 Å². The molecule has 0 aliphatic rings. The predicted octanol–water partition coefficient (Wildman–Crippen LogP) is 1.71. The van der Waals surface area contributed by atoms with Crippen molar-refractivity contribution in [1.29, 1.82) is 0 Å². The number of nitro groups is 1. The van der Waals surface area contributed by atoms with Crippen LogP contribution in [0.1, 0.15) is 5.56 Å². The van der Waals surface area contributed by atoms with Crippen LogP contribution in [0.25, 0.3) is 0 Å². The highest BCUT2D eigenvalue weighted by Crippen LogP contribution is 2.28. The highest BCUT2D eigenvalue weighted by molar-refractivity contribution is 7.98. The SMILES string of the molecule is O=[N+]([O-])c1cc(CSc2ncn[nH]2)ccc1O. The molecule has 0 fully saturated rings. The van der Waals surface area contributed by atoms with Crippen LogP contribution in [0.3, 0.4) is 0 Å². The number of nitro benzene ring substituents is 1. The number of aromatic hydroxyl groups is 1. The van der Waals surface area contributed by atoms with E-state index in [-0.39, 0.29) is 11.4 Å². The normalized spacial score (nSPS) is 10.4. The first kappa shape index (κ1) is 11.4. The molecular weight excluding hydrogens is 244 g/mol. The van der Waals surface area contributed by atoms with Gasteiger partial charge in [-0.15, -0.1) is 0 Å². The summed E-state index contributed by atoms with van der Waals surface area (Å²) in [5.41, 5.74) is 0.441. The lowest BCUT2D eigenvalue weighted by Crippen LogP contribution is -1.90. The van der Waals surface area contributed by atoms with E-state index in [1.165, 1.54) is 30.2 Å². The number of rotatable bonds is 4. The van der Waals surface area contributed by atoms with E-state index in [0.29, 0.717) is 10.9 Å². The molecule has 0 saturated heterocycles. The first-order valence-corrected chi connectivity index (χ1v) is 5.60. The van der Waals surface area contributed by atoms with E-state index < -0.39 is 4.92 Å². The number of nitrogens with zero attached hydrogens (tertiary/aromatic N) is 3. The van der Waals surface area contributed by atoms with Crippen molar-refractivity contribution in [3.8, 4) is 5.75 Å². The minimum absolute atomic E-state index is 0.291. The zero-order valence-electron chi connectivity index (χ0n) is 8.53. The number of aromatic amines is 1. The fourth-order valence-corrected chi connectivity index (χ4v) is 1.94. The lowest BCUT2D eigenvalue weighted by Gasteiger charge is -2.00. The third-order valence-electron chi connectivity index (χ3n) is 2.00. The lowest BCUT2D eigenvalue weighted by atomic mass is 10.2. The molecule has 0 amide bonds. The largest absolute Gasteiger partial charge is 0.502 e. The van der Waals surface area contributed by atoms with Gasteiger partial charge in [-0.1, -0.05) is 17.8 Å². The molecule has 1 heterocycles. The van der Waals surface area contributed by atoms with Crippen LogP contribution in [-0.2, 0) is 5.75 Å². The molecule has 2 rings (SSSR count). The van der Waals surface area contributed by atoms with E-state index >= 15 is 0 Å². The standard InChI is InChI=1S/C9H8N4O3S/c14-8-2-1-6(3-7(8)13(15)16)4-17-9-10-5-11-12-9/h1-3,5,14H,4H2,(H,10,11,12). The average molecular weight is 252 g/mol. The first-order chi connectivity index (χ1) is 8.16. The number of thioether (sulfide) groups is 1. The summed E-state index contributed by atoms with van der Waals surface area (Å²) in [5.74, 6) is 0.180. The van der Waals surface area contributed by atoms with Gasteiger partial charge < -0.3 is 5.11 Å². The molecule has 1 aromatic carbocycles. The predicted molar refractivity (Wildman–Crippen MR) is 60.7 cm³/mol. The summed E-state index contributed by atoms with van der Waals surface area (Å²) in [4.78, 5) is 13.9. The van der Waals surface area contributed by atoms with Gasteiger partial charge in [0.1, 0.15) is 6.33 Å². The topological polar surface area (TPSA) is 105 Å². The maximum atomic E-state index is 10.6. The van der Waals surface area contributed by atoms with Gasteiger partial charge in [0.05, 0.1) is 4.92 Å². The number of hydrogen-bond acceptors (Lipinski definition) is 6. The summed E-state index contributed by atoms with van der Waals surface area (Å²) in [7, 11) is 0. The van der Waals surface area contributed by atoms with Crippen LogP contribution in [0, 0.1) is 10.1 Å². The van der Waals surface area contributed by atoms with Crippen LogP contribution >= 0.6 is 11.8 Å². The summed E-state index contributed by atoms with van der Waals surface area (Å²) < 4.78 is 0. The Kier molecular flexibility index (Phi) is 3.24. The van der Waals surface area contributed by atoms with E-state index in [1.807, 2.05) is 0 Å². The van der Waals surface area contributed by atoms with Crippen LogP contribution in [0.5, 0.6) is 5.75 Å². The van der Waals surface area contributed by atoms with Crippen LogP contribution in [-0.4, -0.2) is 25.2 Å². The average Bonchev–Trinajstić information content (AvgIpc) is 2.80. The second-order valence-corrected chi connectivity index (χ2v) is 4.12. The van der Waals surface area contributed by atoms with Crippen molar-refractivity contribution in [3.05, 3.63) is 40.2 Å². The maximum Gasteiger partial charge on any atom is 0.310 e. The quantitative estimate of drug-likeness (QED) is 0.487. The van der Waals surface area contributed by atoms with Gasteiger partial charge in [0.25, 0.3) is 0 Å². The Balaban J connectivity index is 2.11. The van der Waals surface area contributed by atoms with Crippen LogP contribution < -0.4 is 0 Å². The Labute approximate surface area is 100 Å². The van der Waals surface area contributed by atoms with Crippen LogP contribution in [0.2, 0.25) is 0 Å². The second-order valence-electron chi connectivity index (χ2n) is 3.16. The number of hydrogen-bond donors (Lipinski definition) is 2. The molecule has 0 radical (unpaired) electrons. The second kappa shape index (κ2) is 4.83. The zero-order chi connectivity index (χ0) is 12.3. The molecule has 8 heteroatoms. The van der Waals surface area contributed by atoms with Crippen molar-refractivity contribution in [1.82, 2.24) is 15.2 Å². The molecule has 0 atom stereocenters. The van der Waals surface area contributed by atoms with Gasteiger partial charge in [-0.05, 0) is 11.6 Å². The Bertz CT molecular complexity index is 529. The van der Waals surface area contributed by atoms with Gasteiger partial charge in [-0.25, -0.2) is 4.98 Å². The number of aromatic nitrogens is 3. The Morgan fingerprint density at radius 2 is 2.35 bits per heavy atom. The van der Waals surface area contributed by atoms with Crippen molar-refractivity contribution < 1.29 is 10.0 Å².